The highest BCUT2D eigenvalue weighted by Crippen LogP contribution is 2.26. The van der Waals surface area contributed by atoms with Gasteiger partial charge in [0, 0.05) is 18.8 Å². The minimum absolute atomic E-state index is 0.113. The topological polar surface area (TPSA) is 64.6 Å². The van der Waals surface area contributed by atoms with E-state index in [9.17, 15) is 4.79 Å². The molecule has 1 aliphatic carbocycles. The smallest absolute Gasteiger partial charge is 0.321 e. The molecular weight excluding hydrogens is 206 g/mol. The second-order valence-electron chi connectivity index (χ2n) is 3.96. The highest BCUT2D eigenvalue weighted by Gasteiger charge is 2.29. The first-order valence-corrected chi connectivity index (χ1v) is 5.24. The van der Waals surface area contributed by atoms with Gasteiger partial charge in [-0.05, 0) is 31.0 Å². The first kappa shape index (κ1) is 10.8. The number of hydrogen-bond donors (Lipinski definition) is 3. The van der Waals surface area contributed by atoms with Crippen molar-refractivity contribution in [3.63, 3.8) is 0 Å². The second kappa shape index (κ2) is 4.40. The largest absolute Gasteiger partial charge is 0.325 e. The van der Waals surface area contributed by atoms with Gasteiger partial charge in [0.1, 0.15) is 0 Å². The summed E-state index contributed by atoms with van der Waals surface area (Å²) in [4.78, 5) is 13.4. The highest BCUT2D eigenvalue weighted by atomic mass is 16.5. The Morgan fingerprint density at radius 1 is 1.44 bits per heavy atom. The van der Waals surface area contributed by atoms with E-state index in [0.717, 1.165) is 12.8 Å². The van der Waals surface area contributed by atoms with Crippen LogP contribution in [-0.2, 0) is 0 Å². The lowest BCUT2D eigenvalue weighted by Crippen LogP contribution is -2.33. The Kier molecular flexibility index (Phi) is 2.96. The van der Waals surface area contributed by atoms with Gasteiger partial charge in [-0.15, -0.1) is 0 Å². The molecular formula is C11H15N3O2. The fourth-order valence-corrected chi connectivity index (χ4v) is 1.51. The molecule has 0 atom stereocenters. The van der Waals surface area contributed by atoms with Crippen LogP contribution in [0.3, 0.4) is 0 Å². The van der Waals surface area contributed by atoms with E-state index in [1.54, 1.807) is 36.2 Å². The Morgan fingerprint density at radius 3 is 2.75 bits per heavy atom. The van der Waals surface area contributed by atoms with Gasteiger partial charge in [-0.1, -0.05) is 6.07 Å². The molecule has 0 aliphatic heterocycles. The van der Waals surface area contributed by atoms with Crippen molar-refractivity contribution in [2.45, 2.75) is 18.9 Å². The van der Waals surface area contributed by atoms with E-state index in [1.807, 2.05) is 5.48 Å². The summed E-state index contributed by atoms with van der Waals surface area (Å²) in [5.74, 6) is 0. The van der Waals surface area contributed by atoms with Crippen molar-refractivity contribution < 1.29 is 10.0 Å². The number of anilines is 2. The molecule has 16 heavy (non-hydrogen) atoms. The standard InChI is InChI=1S/C11H15N3O2/c1-14(10-5-6-10)11(15)12-8-3-2-4-9(7-8)13-16/h2-4,7,10,13,16H,5-6H2,1H3,(H,12,15). The van der Waals surface area contributed by atoms with Crippen LogP contribution in [0.4, 0.5) is 16.2 Å². The van der Waals surface area contributed by atoms with Gasteiger partial charge in [0.15, 0.2) is 0 Å². The Balaban J connectivity index is 1.99. The van der Waals surface area contributed by atoms with Crippen LogP contribution in [0.15, 0.2) is 24.3 Å². The highest BCUT2D eigenvalue weighted by molar-refractivity contribution is 5.90. The number of carbonyl (C=O) groups excluding carboxylic acids is 1. The quantitative estimate of drug-likeness (QED) is 0.685. The first-order chi connectivity index (χ1) is 7.70. The molecule has 86 valence electrons. The molecule has 0 radical (unpaired) electrons. The van der Waals surface area contributed by atoms with E-state index < -0.39 is 0 Å². The van der Waals surface area contributed by atoms with Gasteiger partial charge in [0.2, 0.25) is 0 Å². The molecule has 0 saturated heterocycles. The van der Waals surface area contributed by atoms with Crippen molar-refractivity contribution in [2.24, 2.45) is 0 Å². The van der Waals surface area contributed by atoms with Gasteiger partial charge in [-0.2, -0.15) is 0 Å². The number of amides is 2. The molecule has 3 N–H and O–H groups in total. The van der Waals surface area contributed by atoms with E-state index >= 15 is 0 Å². The minimum Gasteiger partial charge on any atom is -0.325 e. The molecule has 1 fully saturated rings. The summed E-state index contributed by atoms with van der Waals surface area (Å²) < 4.78 is 0. The van der Waals surface area contributed by atoms with Gasteiger partial charge >= 0.3 is 6.03 Å². The SMILES string of the molecule is CN(C(=O)Nc1cccc(NO)c1)C1CC1. The maximum absolute atomic E-state index is 11.7. The summed E-state index contributed by atoms with van der Waals surface area (Å²) in [7, 11) is 1.79. The zero-order valence-electron chi connectivity index (χ0n) is 9.10. The zero-order chi connectivity index (χ0) is 11.5. The predicted molar refractivity (Wildman–Crippen MR) is 61.7 cm³/mol. The van der Waals surface area contributed by atoms with E-state index in [4.69, 9.17) is 5.21 Å². The van der Waals surface area contributed by atoms with Crippen molar-refractivity contribution in [3.8, 4) is 0 Å². The van der Waals surface area contributed by atoms with Crippen LogP contribution in [0.25, 0.3) is 0 Å². The number of nitrogens with zero attached hydrogens (tertiary/aromatic N) is 1. The summed E-state index contributed by atoms with van der Waals surface area (Å²) in [5.41, 5.74) is 3.25. The van der Waals surface area contributed by atoms with Crippen molar-refractivity contribution in [2.75, 3.05) is 17.8 Å². The predicted octanol–water partition coefficient (Wildman–Crippen LogP) is 2.11. The second-order valence-corrected chi connectivity index (χ2v) is 3.96. The number of rotatable bonds is 3. The monoisotopic (exact) mass is 221 g/mol. The summed E-state index contributed by atoms with van der Waals surface area (Å²) in [6.07, 6.45) is 2.17. The molecule has 1 aliphatic rings. The van der Waals surface area contributed by atoms with Crippen LogP contribution in [-0.4, -0.2) is 29.2 Å². The summed E-state index contributed by atoms with van der Waals surface area (Å²) in [5, 5.41) is 11.5. The van der Waals surface area contributed by atoms with Gasteiger partial charge < -0.3 is 10.2 Å². The lowest BCUT2D eigenvalue weighted by atomic mass is 10.3. The molecule has 0 unspecified atom stereocenters. The number of carbonyl (C=O) groups is 1. The van der Waals surface area contributed by atoms with Gasteiger partial charge in [-0.3, -0.25) is 10.7 Å². The average Bonchev–Trinajstić information content (AvgIpc) is 3.12. The van der Waals surface area contributed by atoms with E-state index in [-0.39, 0.29) is 6.03 Å². The molecule has 0 spiro atoms. The molecule has 0 bridgehead atoms. The third-order valence-corrected chi connectivity index (χ3v) is 2.66. The average molecular weight is 221 g/mol. The molecule has 1 saturated carbocycles. The molecule has 5 heteroatoms. The van der Waals surface area contributed by atoms with Crippen LogP contribution in [0.5, 0.6) is 0 Å². The fraction of sp³-hybridized carbons (Fsp3) is 0.364. The number of nitrogens with one attached hydrogen (secondary N) is 2. The van der Waals surface area contributed by atoms with Crippen LogP contribution in [0.1, 0.15) is 12.8 Å². The number of urea groups is 1. The third-order valence-electron chi connectivity index (χ3n) is 2.66. The Bertz CT molecular complexity index is 391. The summed E-state index contributed by atoms with van der Waals surface area (Å²) >= 11 is 0. The van der Waals surface area contributed by atoms with Crippen molar-refractivity contribution in [1.82, 2.24) is 4.90 Å². The Hall–Kier alpha value is -1.75. The maximum Gasteiger partial charge on any atom is 0.321 e. The van der Waals surface area contributed by atoms with Gasteiger partial charge in [0.25, 0.3) is 0 Å². The Labute approximate surface area is 94.0 Å². The summed E-state index contributed by atoms with van der Waals surface area (Å²) in [6.45, 7) is 0. The fourth-order valence-electron chi connectivity index (χ4n) is 1.51. The van der Waals surface area contributed by atoms with Crippen molar-refractivity contribution in [1.29, 1.82) is 0 Å². The van der Waals surface area contributed by atoms with E-state index in [1.165, 1.54) is 0 Å². The van der Waals surface area contributed by atoms with Gasteiger partial charge in [-0.25, -0.2) is 4.79 Å². The molecule has 1 aromatic rings. The number of hydrogen-bond acceptors (Lipinski definition) is 3. The van der Waals surface area contributed by atoms with E-state index in [0.29, 0.717) is 17.4 Å². The Morgan fingerprint density at radius 2 is 2.12 bits per heavy atom. The summed E-state index contributed by atoms with van der Waals surface area (Å²) in [6, 6.07) is 7.18. The third kappa shape index (κ3) is 2.43. The molecule has 1 aromatic carbocycles. The minimum atomic E-state index is -0.113. The van der Waals surface area contributed by atoms with E-state index in [2.05, 4.69) is 5.32 Å². The van der Waals surface area contributed by atoms with Crippen LogP contribution in [0.2, 0.25) is 0 Å². The van der Waals surface area contributed by atoms with Crippen LogP contribution < -0.4 is 10.8 Å². The van der Waals surface area contributed by atoms with Crippen molar-refractivity contribution in [3.05, 3.63) is 24.3 Å². The molecule has 5 nitrogen and oxygen atoms in total. The number of benzene rings is 1. The lowest BCUT2D eigenvalue weighted by Gasteiger charge is -2.17. The molecule has 2 amide bonds. The van der Waals surface area contributed by atoms with Crippen molar-refractivity contribution >= 4 is 17.4 Å². The normalized spacial score (nSPS) is 14.4. The van der Waals surface area contributed by atoms with Crippen LogP contribution >= 0.6 is 0 Å². The molecule has 0 aromatic heterocycles. The molecule has 0 heterocycles. The molecule has 2 rings (SSSR count). The zero-order valence-corrected chi connectivity index (χ0v) is 9.10. The lowest BCUT2D eigenvalue weighted by molar-refractivity contribution is 0.220. The first-order valence-electron chi connectivity index (χ1n) is 5.24. The van der Waals surface area contributed by atoms with Gasteiger partial charge in [0.05, 0.1) is 5.69 Å². The van der Waals surface area contributed by atoms with Crippen LogP contribution in [0, 0.1) is 0 Å². The maximum atomic E-state index is 11.7.